The maximum absolute atomic E-state index is 12.3. The van der Waals surface area contributed by atoms with E-state index in [1.807, 2.05) is 73.7 Å². The molecule has 0 saturated heterocycles. The molecule has 7 heteroatoms. The Bertz CT molecular complexity index is 1130. The number of amides is 1. The summed E-state index contributed by atoms with van der Waals surface area (Å²) in [5.74, 6) is -0.0462. The van der Waals surface area contributed by atoms with Crippen molar-refractivity contribution in [2.75, 3.05) is 7.11 Å². The molecule has 0 saturated carbocycles. The molecule has 170 valence electrons. The quantitative estimate of drug-likeness (QED) is 0.308. The van der Waals surface area contributed by atoms with Crippen LogP contribution in [0.5, 0.6) is 5.75 Å². The molecular formula is C26H24BrNO5. The molecule has 0 atom stereocenters. The van der Waals surface area contributed by atoms with Gasteiger partial charge in [-0.05, 0) is 47.4 Å². The summed E-state index contributed by atoms with van der Waals surface area (Å²) in [6.45, 7) is 2.41. The topological polar surface area (TPSA) is 73.9 Å². The van der Waals surface area contributed by atoms with Crippen LogP contribution in [0, 0.1) is 6.92 Å². The summed E-state index contributed by atoms with van der Waals surface area (Å²) in [5, 5.41) is 2.47. The molecule has 3 aromatic rings. The van der Waals surface area contributed by atoms with E-state index < -0.39 is 12.1 Å². The number of aryl methyl sites for hydroxylation is 1. The van der Waals surface area contributed by atoms with Gasteiger partial charge in [-0.2, -0.15) is 0 Å². The van der Waals surface area contributed by atoms with Crippen LogP contribution in [-0.4, -0.2) is 19.2 Å². The summed E-state index contributed by atoms with van der Waals surface area (Å²) >= 11 is 3.51. The summed E-state index contributed by atoms with van der Waals surface area (Å²) in [4.78, 5) is 24.6. The Morgan fingerprint density at radius 1 is 0.939 bits per heavy atom. The fourth-order valence-corrected chi connectivity index (χ4v) is 3.52. The van der Waals surface area contributed by atoms with Gasteiger partial charge in [0.2, 0.25) is 0 Å². The second kappa shape index (κ2) is 11.9. The van der Waals surface area contributed by atoms with E-state index in [0.29, 0.717) is 17.9 Å². The van der Waals surface area contributed by atoms with Crippen molar-refractivity contribution in [3.05, 3.63) is 105 Å². The summed E-state index contributed by atoms with van der Waals surface area (Å²) in [7, 11) is 1.24. The number of esters is 1. The lowest BCUT2D eigenvalue weighted by molar-refractivity contribution is -0.136. The van der Waals surface area contributed by atoms with Crippen LogP contribution in [-0.2, 0) is 27.5 Å². The zero-order valence-electron chi connectivity index (χ0n) is 18.3. The summed E-state index contributed by atoms with van der Waals surface area (Å²) in [5.41, 5.74) is 3.36. The van der Waals surface area contributed by atoms with E-state index in [-0.39, 0.29) is 12.3 Å². The Morgan fingerprint density at radius 3 is 2.15 bits per heavy atom. The summed E-state index contributed by atoms with van der Waals surface area (Å²) in [6.07, 6.45) is 0.744. The monoisotopic (exact) mass is 509 g/mol. The van der Waals surface area contributed by atoms with Crippen LogP contribution < -0.4 is 10.1 Å². The summed E-state index contributed by atoms with van der Waals surface area (Å²) in [6, 6.07) is 22.7. The largest absolute Gasteiger partial charge is 0.489 e. The van der Waals surface area contributed by atoms with Gasteiger partial charge in [0.05, 0.1) is 7.11 Å². The van der Waals surface area contributed by atoms with E-state index >= 15 is 0 Å². The maximum Gasteiger partial charge on any atom is 0.412 e. The molecule has 0 aliphatic rings. The van der Waals surface area contributed by atoms with Crippen LogP contribution >= 0.6 is 15.9 Å². The first-order chi connectivity index (χ1) is 16.0. The number of carbonyl (C=O) groups excluding carboxylic acids is 2. The minimum atomic E-state index is -0.765. The Balaban J connectivity index is 1.76. The van der Waals surface area contributed by atoms with Crippen molar-refractivity contribution < 1.29 is 23.8 Å². The van der Waals surface area contributed by atoms with Crippen molar-refractivity contribution in [1.29, 1.82) is 0 Å². The highest BCUT2D eigenvalue weighted by Gasteiger charge is 2.16. The van der Waals surface area contributed by atoms with Crippen LogP contribution in [0.1, 0.15) is 22.3 Å². The molecule has 33 heavy (non-hydrogen) atoms. The smallest absolute Gasteiger partial charge is 0.412 e. The molecule has 0 aromatic heterocycles. The van der Waals surface area contributed by atoms with Crippen molar-refractivity contribution in [2.24, 2.45) is 0 Å². The van der Waals surface area contributed by atoms with Gasteiger partial charge in [-0.1, -0.05) is 76.6 Å². The van der Waals surface area contributed by atoms with Gasteiger partial charge in [0.15, 0.2) is 0 Å². The lowest BCUT2D eigenvalue weighted by Crippen LogP contribution is -2.28. The number of halogens is 1. The fraction of sp³-hybridized carbons (Fsp3) is 0.154. The van der Waals surface area contributed by atoms with Crippen molar-refractivity contribution in [3.8, 4) is 5.75 Å². The van der Waals surface area contributed by atoms with Crippen LogP contribution in [0.15, 0.2) is 83.0 Å². The SMILES string of the molecule is COC(=O)/C(=C\c1cc(OCc2ccccc2)c(C)cc1Br)NC(=O)OCc1ccccc1. The molecule has 6 nitrogen and oxygen atoms in total. The molecule has 0 spiro atoms. The second-order valence-electron chi connectivity index (χ2n) is 7.15. The molecule has 1 N–H and O–H groups in total. The Hall–Kier alpha value is -3.58. The van der Waals surface area contributed by atoms with E-state index in [0.717, 1.165) is 21.2 Å². The van der Waals surface area contributed by atoms with Gasteiger partial charge < -0.3 is 14.2 Å². The van der Waals surface area contributed by atoms with Gasteiger partial charge in [-0.3, -0.25) is 5.32 Å². The van der Waals surface area contributed by atoms with Crippen molar-refractivity contribution in [1.82, 2.24) is 5.32 Å². The minimum Gasteiger partial charge on any atom is -0.489 e. The van der Waals surface area contributed by atoms with Gasteiger partial charge >= 0.3 is 12.1 Å². The number of carbonyl (C=O) groups is 2. The van der Waals surface area contributed by atoms with Crippen molar-refractivity contribution >= 4 is 34.1 Å². The second-order valence-corrected chi connectivity index (χ2v) is 8.00. The molecular weight excluding hydrogens is 486 g/mol. The lowest BCUT2D eigenvalue weighted by atomic mass is 10.1. The molecule has 0 radical (unpaired) electrons. The predicted molar refractivity (Wildman–Crippen MR) is 129 cm³/mol. The first-order valence-electron chi connectivity index (χ1n) is 10.2. The number of benzene rings is 3. The molecule has 3 rings (SSSR count). The van der Waals surface area contributed by atoms with E-state index in [1.165, 1.54) is 13.2 Å². The Morgan fingerprint density at radius 2 is 1.55 bits per heavy atom. The van der Waals surface area contributed by atoms with Crippen LogP contribution in [0.25, 0.3) is 6.08 Å². The van der Waals surface area contributed by atoms with Crippen LogP contribution in [0.3, 0.4) is 0 Å². The normalized spacial score (nSPS) is 10.9. The maximum atomic E-state index is 12.3. The van der Waals surface area contributed by atoms with E-state index in [2.05, 4.69) is 21.2 Å². The average molecular weight is 510 g/mol. The highest BCUT2D eigenvalue weighted by molar-refractivity contribution is 9.10. The van der Waals surface area contributed by atoms with Crippen molar-refractivity contribution in [3.63, 3.8) is 0 Å². The number of methoxy groups -OCH3 is 1. The predicted octanol–water partition coefficient (Wildman–Crippen LogP) is 5.78. The number of ether oxygens (including phenoxy) is 3. The van der Waals surface area contributed by atoms with Gasteiger partial charge in [-0.15, -0.1) is 0 Å². The number of hydrogen-bond donors (Lipinski definition) is 1. The highest BCUT2D eigenvalue weighted by atomic mass is 79.9. The van der Waals surface area contributed by atoms with E-state index in [4.69, 9.17) is 14.2 Å². The average Bonchev–Trinajstić information content (AvgIpc) is 2.84. The van der Waals surface area contributed by atoms with Gasteiger partial charge in [-0.25, -0.2) is 9.59 Å². The van der Waals surface area contributed by atoms with Crippen molar-refractivity contribution in [2.45, 2.75) is 20.1 Å². The number of nitrogens with one attached hydrogen (secondary N) is 1. The first-order valence-corrected chi connectivity index (χ1v) is 11.0. The third-order valence-electron chi connectivity index (χ3n) is 4.69. The van der Waals surface area contributed by atoms with Crippen LogP contribution in [0.2, 0.25) is 0 Å². The fourth-order valence-electron chi connectivity index (χ4n) is 2.95. The zero-order valence-corrected chi connectivity index (χ0v) is 19.9. The van der Waals surface area contributed by atoms with E-state index in [1.54, 1.807) is 6.07 Å². The number of alkyl carbamates (subject to hydrolysis) is 1. The third-order valence-corrected chi connectivity index (χ3v) is 5.37. The molecule has 0 bridgehead atoms. The first kappa shape index (κ1) is 24.1. The Kier molecular flexibility index (Phi) is 8.66. The zero-order chi connectivity index (χ0) is 23.6. The minimum absolute atomic E-state index is 0.0610. The van der Waals surface area contributed by atoms with Crippen LogP contribution in [0.4, 0.5) is 4.79 Å². The molecule has 0 aliphatic carbocycles. The number of rotatable bonds is 8. The Labute approximate surface area is 201 Å². The molecule has 0 heterocycles. The molecule has 0 fully saturated rings. The van der Waals surface area contributed by atoms with Gasteiger partial charge in [0.25, 0.3) is 0 Å². The molecule has 0 unspecified atom stereocenters. The molecule has 3 aromatic carbocycles. The summed E-state index contributed by atoms with van der Waals surface area (Å²) < 4.78 is 16.7. The molecule has 1 amide bonds. The standard InChI is InChI=1S/C26H24BrNO5/c1-18-13-22(27)21(15-24(18)32-16-19-9-5-3-6-10-19)14-23(25(29)31-2)28-26(30)33-17-20-11-7-4-8-12-20/h3-15H,16-17H2,1-2H3,(H,28,30)/b23-14+. The van der Waals surface area contributed by atoms with Gasteiger partial charge in [0.1, 0.15) is 24.7 Å². The highest BCUT2D eigenvalue weighted by Crippen LogP contribution is 2.29. The van der Waals surface area contributed by atoms with E-state index in [9.17, 15) is 9.59 Å². The third kappa shape index (κ3) is 7.22. The molecule has 0 aliphatic heterocycles. The van der Waals surface area contributed by atoms with Gasteiger partial charge in [0, 0.05) is 4.47 Å². The number of hydrogen-bond acceptors (Lipinski definition) is 5. The lowest BCUT2D eigenvalue weighted by Gasteiger charge is -2.13.